The molecule has 86 valence electrons. The maximum absolute atomic E-state index is 11.8. The number of hydrogen-bond acceptors (Lipinski definition) is 3. The summed E-state index contributed by atoms with van der Waals surface area (Å²) in [5, 5.41) is 0.967. The summed E-state index contributed by atoms with van der Waals surface area (Å²) in [7, 11) is 0. The molecule has 16 heavy (non-hydrogen) atoms. The molecule has 0 saturated heterocycles. The van der Waals surface area contributed by atoms with Crippen LogP contribution in [0.5, 0.6) is 0 Å². The zero-order valence-electron chi connectivity index (χ0n) is 9.56. The largest absolute Gasteiger partial charge is 0.308 e. The number of aryl methyl sites for hydroxylation is 1. The van der Waals surface area contributed by atoms with E-state index in [1.165, 1.54) is 0 Å². The van der Waals surface area contributed by atoms with Gasteiger partial charge in [0.2, 0.25) is 0 Å². The SMILES string of the molecule is CCCN(N)C(=O)C(=O)c1ccccc1C. The number of amides is 1. The lowest BCUT2D eigenvalue weighted by Crippen LogP contribution is -2.42. The van der Waals surface area contributed by atoms with Crippen molar-refractivity contribution in [2.24, 2.45) is 5.84 Å². The summed E-state index contributed by atoms with van der Waals surface area (Å²) < 4.78 is 0. The van der Waals surface area contributed by atoms with Crippen LogP contribution in [-0.4, -0.2) is 23.2 Å². The highest BCUT2D eigenvalue weighted by Crippen LogP contribution is 2.08. The van der Waals surface area contributed by atoms with Crippen molar-refractivity contribution in [2.45, 2.75) is 20.3 Å². The molecule has 0 atom stereocenters. The van der Waals surface area contributed by atoms with E-state index in [1.54, 1.807) is 25.1 Å². The molecule has 0 spiro atoms. The van der Waals surface area contributed by atoms with Crippen LogP contribution in [0, 0.1) is 6.92 Å². The summed E-state index contributed by atoms with van der Waals surface area (Å²) in [6.45, 7) is 4.07. The zero-order valence-corrected chi connectivity index (χ0v) is 9.56. The lowest BCUT2D eigenvalue weighted by molar-refractivity contribution is -0.126. The van der Waals surface area contributed by atoms with Crippen molar-refractivity contribution in [3.8, 4) is 0 Å². The average molecular weight is 220 g/mol. The Labute approximate surface area is 95.0 Å². The monoisotopic (exact) mass is 220 g/mol. The Morgan fingerprint density at radius 2 is 1.94 bits per heavy atom. The number of hydrazine groups is 1. The highest BCUT2D eigenvalue weighted by molar-refractivity contribution is 6.42. The third kappa shape index (κ3) is 2.67. The first-order valence-corrected chi connectivity index (χ1v) is 5.24. The van der Waals surface area contributed by atoms with Gasteiger partial charge in [0.15, 0.2) is 0 Å². The normalized spacial score (nSPS) is 9.94. The Bertz CT molecular complexity index is 402. The van der Waals surface area contributed by atoms with E-state index in [0.29, 0.717) is 12.1 Å². The van der Waals surface area contributed by atoms with E-state index in [2.05, 4.69) is 0 Å². The third-order valence-electron chi connectivity index (χ3n) is 2.31. The molecule has 4 nitrogen and oxygen atoms in total. The third-order valence-corrected chi connectivity index (χ3v) is 2.31. The van der Waals surface area contributed by atoms with Gasteiger partial charge in [0.25, 0.3) is 5.78 Å². The van der Waals surface area contributed by atoms with Crippen LogP contribution in [0.25, 0.3) is 0 Å². The minimum absolute atomic E-state index is 0.385. The van der Waals surface area contributed by atoms with Crippen molar-refractivity contribution < 1.29 is 9.59 Å². The number of hydrogen-bond donors (Lipinski definition) is 1. The van der Waals surface area contributed by atoms with Crippen molar-refractivity contribution in [1.82, 2.24) is 5.01 Å². The Kier molecular flexibility index (Phi) is 4.19. The summed E-state index contributed by atoms with van der Waals surface area (Å²) in [5.41, 5.74) is 1.20. The van der Waals surface area contributed by atoms with Crippen molar-refractivity contribution >= 4 is 11.7 Å². The van der Waals surface area contributed by atoms with Gasteiger partial charge in [0.1, 0.15) is 0 Å². The molecule has 0 aliphatic heterocycles. The van der Waals surface area contributed by atoms with Crippen LogP contribution >= 0.6 is 0 Å². The van der Waals surface area contributed by atoms with Crippen LogP contribution < -0.4 is 5.84 Å². The van der Waals surface area contributed by atoms with Crippen molar-refractivity contribution in [1.29, 1.82) is 0 Å². The molecule has 0 aliphatic carbocycles. The summed E-state index contributed by atoms with van der Waals surface area (Å²) in [6.07, 6.45) is 0.725. The topological polar surface area (TPSA) is 63.4 Å². The van der Waals surface area contributed by atoms with E-state index in [-0.39, 0.29) is 0 Å². The maximum atomic E-state index is 11.8. The second-order valence-corrected chi connectivity index (χ2v) is 3.64. The van der Waals surface area contributed by atoms with Gasteiger partial charge in [-0.25, -0.2) is 5.84 Å². The summed E-state index contributed by atoms with van der Waals surface area (Å²) in [4.78, 5) is 23.4. The van der Waals surface area contributed by atoms with E-state index in [4.69, 9.17) is 5.84 Å². The van der Waals surface area contributed by atoms with Gasteiger partial charge in [0.05, 0.1) is 0 Å². The highest BCUT2D eigenvalue weighted by atomic mass is 16.2. The Morgan fingerprint density at radius 3 is 2.50 bits per heavy atom. The smallest absolute Gasteiger partial charge is 0.283 e. The van der Waals surface area contributed by atoms with Crippen LogP contribution in [0.2, 0.25) is 0 Å². The molecule has 1 aromatic carbocycles. The van der Waals surface area contributed by atoms with Crippen LogP contribution in [-0.2, 0) is 4.79 Å². The second-order valence-electron chi connectivity index (χ2n) is 3.64. The van der Waals surface area contributed by atoms with Gasteiger partial charge in [0, 0.05) is 12.1 Å². The first kappa shape index (κ1) is 12.4. The maximum Gasteiger partial charge on any atom is 0.308 e. The Balaban J connectivity index is 2.87. The molecule has 1 amide bonds. The van der Waals surface area contributed by atoms with Gasteiger partial charge in [-0.3, -0.25) is 14.6 Å². The average Bonchev–Trinajstić information content (AvgIpc) is 2.28. The number of benzene rings is 1. The number of ketones is 1. The fraction of sp³-hybridized carbons (Fsp3) is 0.333. The van der Waals surface area contributed by atoms with Crippen molar-refractivity contribution in [3.63, 3.8) is 0 Å². The van der Waals surface area contributed by atoms with Gasteiger partial charge in [-0.1, -0.05) is 31.2 Å². The number of rotatable bonds is 4. The van der Waals surface area contributed by atoms with Crippen LogP contribution in [0.3, 0.4) is 0 Å². The van der Waals surface area contributed by atoms with E-state index in [9.17, 15) is 9.59 Å². The van der Waals surface area contributed by atoms with Gasteiger partial charge in [-0.2, -0.15) is 0 Å². The molecule has 0 bridgehead atoms. The van der Waals surface area contributed by atoms with Gasteiger partial charge < -0.3 is 0 Å². The molecule has 0 unspecified atom stereocenters. The molecule has 0 aliphatic rings. The molecule has 0 heterocycles. The summed E-state index contributed by atoms with van der Waals surface area (Å²) in [6, 6.07) is 6.98. The van der Waals surface area contributed by atoms with Crippen LogP contribution in [0.1, 0.15) is 29.3 Å². The second kappa shape index (κ2) is 5.42. The predicted octanol–water partition coefficient (Wildman–Crippen LogP) is 1.29. The molecule has 0 radical (unpaired) electrons. The van der Waals surface area contributed by atoms with E-state index < -0.39 is 11.7 Å². The van der Waals surface area contributed by atoms with Crippen molar-refractivity contribution in [2.75, 3.05) is 6.54 Å². The highest BCUT2D eigenvalue weighted by Gasteiger charge is 2.21. The Hall–Kier alpha value is -1.68. The first-order chi connectivity index (χ1) is 7.57. The van der Waals surface area contributed by atoms with Crippen molar-refractivity contribution in [3.05, 3.63) is 35.4 Å². The molecule has 0 saturated carbocycles. The predicted molar refractivity (Wildman–Crippen MR) is 61.7 cm³/mol. The molecular formula is C12H16N2O2. The van der Waals surface area contributed by atoms with Crippen LogP contribution in [0.4, 0.5) is 0 Å². The summed E-state index contributed by atoms with van der Waals surface area (Å²) >= 11 is 0. The summed E-state index contributed by atoms with van der Waals surface area (Å²) in [5.74, 6) is 4.28. The number of carbonyl (C=O) groups is 2. The van der Waals surface area contributed by atoms with E-state index >= 15 is 0 Å². The number of carbonyl (C=O) groups excluding carboxylic acids is 2. The fourth-order valence-corrected chi connectivity index (χ4v) is 1.42. The van der Waals surface area contributed by atoms with E-state index in [0.717, 1.165) is 17.0 Å². The fourth-order valence-electron chi connectivity index (χ4n) is 1.42. The van der Waals surface area contributed by atoms with Gasteiger partial charge >= 0.3 is 5.91 Å². The molecule has 0 aromatic heterocycles. The quantitative estimate of drug-likeness (QED) is 0.273. The standard InChI is InChI=1S/C12H16N2O2/c1-3-8-14(13)12(16)11(15)10-7-5-4-6-9(10)2/h4-7H,3,8,13H2,1-2H3. The van der Waals surface area contributed by atoms with Gasteiger partial charge in [-0.05, 0) is 18.9 Å². The van der Waals surface area contributed by atoms with Gasteiger partial charge in [-0.15, -0.1) is 0 Å². The minimum atomic E-state index is -0.656. The lowest BCUT2D eigenvalue weighted by atomic mass is 10.0. The van der Waals surface area contributed by atoms with E-state index in [1.807, 2.05) is 13.0 Å². The minimum Gasteiger partial charge on any atom is -0.283 e. The molecule has 1 rings (SSSR count). The molecule has 2 N–H and O–H groups in total. The zero-order chi connectivity index (χ0) is 12.1. The Morgan fingerprint density at radius 1 is 1.31 bits per heavy atom. The molecule has 0 fully saturated rings. The molecule has 1 aromatic rings. The number of nitrogens with zero attached hydrogens (tertiary/aromatic N) is 1. The van der Waals surface area contributed by atoms with Crippen LogP contribution in [0.15, 0.2) is 24.3 Å². The first-order valence-electron chi connectivity index (χ1n) is 5.24. The number of Topliss-reactive ketones (excluding diaryl/α,β-unsaturated/α-hetero) is 1. The lowest BCUT2D eigenvalue weighted by Gasteiger charge is -2.14. The number of nitrogens with two attached hydrogens (primary N) is 1. The molecular weight excluding hydrogens is 204 g/mol. The molecule has 4 heteroatoms.